The zero-order valence-corrected chi connectivity index (χ0v) is 43.2. The van der Waals surface area contributed by atoms with E-state index in [0.717, 1.165) is 89.9 Å². The van der Waals surface area contributed by atoms with Gasteiger partial charge in [0.25, 0.3) is 0 Å². The fourth-order valence-corrected chi connectivity index (χ4v) is 7.75. The molecule has 1 N–H and O–H groups in total. The third-order valence-corrected chi connectivity index (χ3v) is 11.9. The van der Waals surface area contributed by atoms with Gasteiger partial charge in [0, 0.05) is 12.8 Å². The van der Waals surface area contributed by atoms with Crippen molar-refractivity contribution < 1.29 is 24.2 Å². The van der Waals surface area contributed by atoms with Crippen molar-refractivity contribution in [1.82, 2.24) is 0 Å². The molecule has 0 aliphatic heterocycles. The highest BCUT2D eigenvalue weighted by molar-refractivity contribution is 5.70. The number of ether oxygens (including phenoxy) is 2. The Morgan fingerprint density at radius 2 is 0.652 bits per heavy atom. The van der Waals surface area contributed by atoms with Crippen molar-refractivity contribution in [1.29, 1.82) is 0 Å². The fourth-order valence-electron chi connectivity index (χ4n) is 7.75. The standard InChI is InChI=1S/C61H104O5/c1-3-5-7-9-11-13-15-17-18-19-20-21-22-23-24-25-26-27-28-29-30-31-32-33-34-35-36-37-38-39-40-41-42-44-46-48-50-52-54-56-61(64)66-59(57-62)58-65-60(63)55-53-51-49-47-45-43-16-14-12-10-8-6-4-2/h5,7,11,13,17-18,20-21,23-24,26-27,29-30,32-33,59,62H,3-4,6,8-10,12,14-16,19,22,25,28,31,34-58H2,1-2H3/b7-5-,13-11-,18-17-,21-20-,24-23-,27-26-,30-29-,33-32-. The van der Waals surface area contributed by atoms with Crippen LogP contribution in [-0.2, 0) is 19.1 Å². The van der Waals surface area contributed by atoms with Gasteiger partial charge >= 0.3 is 11.9 Å². The third kappa shape index (κ3) is 53.4. The number of aliphatic hydroxyl groups is 1. The summed E-state index contributed by atoms with van der Waals surface area (Å²) in [5, 5.41) is 9.62. The van der Waals surface area contributed by atoms with Gasteiger partial charge in [-0.05, 0) is 77.0 Å². The van der Waals surface area contributed by atoms with Crippen molar-refractivity contribution in [3.05, 3.63) is 97.2 Å². The Labute approximate surface area is 408 Å². The molecule has 0 aliphatic rings. The van der Waals surface area contributed by atoms with Crippen LogP contribution in [0, 0.1) is 0 Å². The van der Waals surface area contributed by atoms with Crippen LogP contribution < -0.4 is 0 Å². The maximum absolute atomic E-state index is 12.3. The topological polar surface area (TPSA) is 72.8 Å². The molecular weight excluding hydrogens is 813 g/mol. The number of unbranched alkanes of at least 4 members (excludes halogenated alkanes) is 26. The van der Waals surface area contributed by atoms with E-state index in [1.807, 2.05) is 0 Å². The van der Waals surface area contributed by atoms with Crippen LogP contribution in [0.15, 0.2) is 97.2 Å². The molecule has 1 unspecified atom stereocenters. The SMILES string of the molecule is CC/C=C\C/C=C\C/C=C\C/C=C\C/C=C\C/C=C\C/C=C\C/C=C\CCCCCCCCCCCCCCCCC(=O)OC(CO)COC(=O)CCCCCCCCCCCCCCC. The van der Waals surface area contributed by atoms with Gasteiger partial charge in [0.15, 0.2) is 6.10 Å². The van der Waals surface area contributed by atoms with Gasteiger partial charge in [0.05, 0.1) is 6.61 Å². The lowest BCUT2D eigenvalue weighted by Gasteiger charge is -2.15. The molecule has 5 nitrogen and oxygen atoms in total. The summed E-state index contributed by atoms with van der Waals surface area (Å²) in [7, 11) is 0. The van der Waals surface area contributed by atoms with Gasteiger partial charge in [0.1, 0.15) is 6.61 Å². The summed E-state index contributed by atoms with van der Waals surface area (Å²) < 4.78 is 10.7. The molecule has 0 spiro atoms. The summed E-state index contributed by atoms with van der Waals surface area (Å²) in [6, 6.07) is 0. The Bertz CT molecular complexity index is 1270. The molecule has 66 heavy (non-hydrogen) atoms. The number of carbonyl (C=O) groups is 2. The molecule has 0 rings (SSSR count). The molecule has 0 saturated carbocycles. The second kappa shape index (κ2) is 56.1. The van der Waals surface area contributed by atoms with Gasteiger partial charge in [-0.2, -0.15) is 0 Å². The molecule has 0 aromatic heterocycles. The zero-order valence-electron chi connectivity index (χ0n) is 43.2. The van der Waals surface area contributed by atoms with Crippen molar-refractivity contribution in [3.8, 4) is 0 Å². The number of esters is 2. The van der Waals surface area contributed by atoms with Crippen molar-refractivity contribution in [2.24, 2.45) is 0 Å². The Balaban J connectivity index is 3.50. The van der Waals surface area contributed by atoms with Gasteiger partial charge < -0.3 is 14.6 Å². The molecule has 0 aromatic carbocycles. The van der Waals surface area contributed by atoms with E-state index in [-0.39, 0.29) is 25.2 Å². The molecule has 0 fully saturated rings. The van der Waals surface area contributed by atoms with Crippen LogP contribution in [-0.4, -0.2) is 36.4 Å². The Kier molecular flexibility index (Phi) is 53.4. The van der Waals surface area contributed by atoms with Gasteiger partial charge in [-0.25, -0.2) is 0 Å². The predicted molar refractivity (Wildman–Crippen MR) is 288 cm³/mol. The van der Waals surface area contributed by atoms with Gasteiger partial charge in [-0.15, -0.1) is 0 Å². The summed E-state index contributed by atoms with van der Waals surface area (Å²) in [4.78, 5) is 24.4. The summed E-state index contributed by atoms with van der Waals surface area (Å²) in [5.74, 6) is -0.586. The van der Waals surface area contributed by atoms with Crippen LogP contribution in [0.3, 0.4) is 0 Å². The predicted octanol–water partition coefficient (Wildman–Crippen LogP) is 18.7. The second-order valence-electron chi connectivity index (χ2n) is 18.3. The van der Waals surface area contributed by atoms with Crippen LogP contribution in [0.2, 0.25) is 0 Å². The van der Waals surface area contributed by atoms with E-state index in [9.17, 15) is 14.7 Å². The van der Waals surface area contributed by atoms with Crippen LogP contribution >= 0.6 is 0 Å². The Hall–Kier alpha value is -3.18. The van der Waals surface area contributed by atoms with Gasteiger partial charge in [0.2, 0.25) is 0 Å². The lowest BCUT2D eigenvalue weighted by Crippen LogP contribution is -2.28. The lowest BCUT2D eigenvalue weighted by atomic mass is 10.0. The summed E-state index contributed by atoms with van der Waals surface area (Å²) in [6.45, 7) is 4.03. The highest BCUT2D eigenvalue weighted by atomic mass is 16.6. The molecule has 5 heteroatoms. The number of aliphatic hydroxyl groups excluding tert-OH is 1. The smallest absolute Gasteiger partial charge is 0.306 e. The summed E-state index contributed by atoms with van der Waals surface area (Å²) >= 11 is 0. The van der Waals surface area contributed by atoms with E-state index in [1.54, 1.807) is 0 Å². The molecule has 0 aromatic rings. The van der Waals surface area contributed by atoms with E-state index in [4.69, 9.17) is 9.47 Å². The number of carbonyl (C=O) groups excluding carboxylic acids is 2. The number of hydrogen-bond acceptors (Lipinski definition) is 5. The maximum Gasteiger partial charge on any atom is 0.306 e. The number of hydrogen-bond donors (Lipinski definition) is 1. The van der Waals surface area contributed by atoms with E-state index in [0.29, 0.717) is 12.8 Å². The quantitative estimate of drug-likeness (QED) is 0.0374. The van der Waals surface area contributed by atoms with Crippen molar-refractivity contribution in [3.63, 3.8) is 0 Å². The fraction of sp³-hybridized carbons (Fsp3) is 0.705. The molecule has 0 heterocycles. The van der Waals surface area contributed by atoms with Crippen LogP contribution in [0.5, 0.6) is 0 Å². The minimum atomic E-state index is -0.773. The first kappa shape index (κ1) is 62.8. The van der Waals surface area contributed by atoms with Crippen LogP contribution in [0.25, 0.3) is 0 Å². The summed E-state index contributed by atoms with van der Waals surface area (Å²) in [5.41, 5.74) is 0. The molecule has 0 radical (unpaired) electrons. The highest BCUT2D eigenvalue weighted by Gasteiger charge is 2.16. The third-order valence-electron chi connectivity index (χ3n) is 11.9. The molecular formula is C61H104O5. The van der Waals surface area contributed by atoms with Crippen molar-refractivity contribution >= 4 is 11.9 Å². The first-order chi connectivity index (χ1) is 32.6. The minimum absolute atomic E-state index is 0.0654. The zero-order chi connectivity index (χ0) is 47.7. The van der Waals surface area contributed by atoms with Gasteiger partial charge in [-0.3, -0.25) is 9.59 Å². The first-order valence-electron chi connectivity index (χ1n) is 27.8. The molecule has 0 saturated heterocycles. The lowest BCUT2D eigenvalue weighted by molar-refractivity contribution is -0.161. The van der Waals surface area contributed by atoms with Gasteiger partial charge in [-0.1, -0.05) is 265 Å². The van der Waals surface area contributed by atoms with E-state index in [2.05, 4.69) is 111 Å². The number of allylic oxidation sites excluding steroid dienone is 16. The highest BCUT2D eigenvalue weighted by Crippen LogP contribution is 2.16. The molecule has 0 bridgehead atoms. The maximum atomic E-state index is 12.3. The number of rotatable bonds is 50. The largest absolute Gasteiger partial charge is 0.462 e. The normalized spacial score (nSPS) is 13.0. The average molecular weight is 917 g/mol. The summed E-state index contributed by atoms with van der Waals surface area (Å²) in [6.07, 6.45) is 79.5. The average Bonchev–Trinajstić information content (AvgIpc) is 3.32. The Morgan fingerprint density at radius 1 is 0.364 bits per heavy atom. The first-order valence-corrected chi connectivity index (χ1v) is 27.8. The van der Waals surface area contributed by atoms with E-state index >= 15 is 0 Å². The van der Waals surface area contributed by atoms with Crippen molar-refractivity contribution in [2.75, 3.05) is 13.2 Å². The van der Waals surface area contributed by atoms with Crippen molar-refractivity contribution in [2.45, 2.75) is 264 Å². The molecule has 0 aliphatic carbocycles. The Morgan fingerprint density at radius 3 is 0.985 bits per heavy atom. The van der Waals surface area contributed by atoms with Crippen LogP contribution in [0.4, 0.5) is 0 Å². The monoisotopic (exact) mass is 917 g/mol. The van der Waals surface area contributed by atoms with E-state index < -0.39 is 6.10 Å². The van der Waals surface area contributed by atoms with Crippen LogP contribution in [0.1, 0.15) is 258 Å². The molecule has 0 amide bonds. The minimum Gasteiger partial charge on any atom is -0.462 e. The molecule has 1 atom stereocenters. The molecule has 378 valence electrons. The van der Waals surface area contributed by atoms with E-state index in [1.165, 1.54) is 141 Å². The second-order valence-corrected chi connectivity index (χ2v) is 18.3.